The Hall–Kier alpha value is -2.31. The summed E-state index contributed by atoms with van der Waals surface area (Å²) in [5.41, 5.74) is 2.13. The molecule has 7 heteroatoms. The van der Waals surface area contributed by atoms with Gasteiger partial charge >= 0.3 is 5.97 Å². The molecule has 2 rings (SSSR count). The Morgan fingerprint density at radius 2 is 1.89 bits per heavy atom. The van der Waals surface area contributed by atoms with Crippen LogP contribution in [0.3, 0.4) is 0 Å². The number of carbonyl (C=O) groups is 1. The number of nitrogens with one attached hydrogen (secondary N) is 2. The second-order valence-electron chi connectivity index (χ2n) is 5.75. The van der Waals surface area contributed by atoms with Crippen LogP contribution in [0.25, 0.3) is 0 Å². The van der Waals surface area contributed by atoms with Gasteiger partial charge in [0.1, 0.15) is 5.75 Å². The molecule has 1 atom stereocenters. The smallest absolute Gasteiger partial charge is 0.339 e. The highest BCUT2D eigenvalue weighted by molar-refractivity contribution is 7.80. The summed E-state index contributed by atoms with van der Waals surface area (Å²) in [7, 11) is 1.64. The molecule has 27 heavy (non-hydrogen) atoms. The SMILES string of the molecule is CCOC(=O)c1ccc(NC(=S)N[C@@H](CC)c2ccc(OC)cc2)cc1Cl. The van der Waals surface area contributed by atoms with Crippen LogP contribution >= 0.6 is 23.8 Å². The fourth-order valence-corrected chi connectivity index (χ4v) is 3.07. The second-order valence-corrected chi connectivity index (χ2v) is 6.56. The molecule has 2 N–H and O–H groups in total. The van der Waals surface area contributed by atoms with E-state index < -0.39 is 5.97 Å². The zero-order valence-electron chi connectivity index (χ0n) is 15.5. The van der Waals surface area contributed by atoms with Crippen LogP contribution < -0.4 is 15.4 Å². The minimum absolute atomic E-state index is 0.0604. The molecule has 0 unspecified atom stereocenters. The van der Waals surface area contributed by atoms with E-state index in [9.17, 15) is 4.79 Å². The maximum Gasteiger partial charge on any atom is 0.339 e. The monoisotopic (exact) mass is 406 g/mol. The van der Waals surface area contributed by atoms with Crippen LogP contribution in [0.2, 0.25) is 5.02 Å². The van der Waals surface area contributed by atoms with Crippen LogP contribution in [0.1, 0.15) is 42.2 Å². The molecule has 0 saturated carbocycles. The first-order valence-electron chi connectivity index (χ1n) is 8.66. The van der Waals surface area contributed by atoms with Gasteiger partial charge in [0, 0.05) is 5.69 Å². The first-order valence-corrected chi connectivity index (χ1v) is 9.45. The van der Waals surface area contributed by atoms with E-state index in [1.165, 1.54) is 0 Å². The van der Waals surface area contributed by atoms with Crippen molar-refractivity contribution >= 4 is 40.6 Å². The molecular formula is C20H23ClN2O3S. The minimum Gasteiger partial charge on any atom is -0.497 e. The average Bonchev–Trinajstić information content (AvgIpc) is 2.66. The second kappa shape index (κ2) is 10.1. The summed E-state index contributed by atoms with van der Waals surface area (Å²) >= 11 is 11.6. The molecule has 0 fully saturated rings. The average molecular weight is 407 g/mol. The van der Waals surface area contributed by atoms with Gasteiger partial charge in [-0.3, -0.25) is 0 Å². The van der Waals surface area contributed by atoms with Crippen molar-refractivity contribution in [3.63, 3.8) is 0 Å². The van der Waals surface area contributed by atoms with Crippen molar-refractivity contribution in [3.8, 4) is 5.75 Å². The van der Waals surface area contributed by atoms with Crippen molar-refractivity contribution in [1.82, 2.24) is 5.32 Å². The molecule has 0 aliphatic carbocycles. The van der Waals surface area contributed by atoms with Gasteiger partial charge in [0.2, 0.25) is 0 Å². The first kappa shape index (κ1) is 21.0. The van der Waals surface area contributed by atoms with E-state index in [-0.39, 0.29) is 6.04 Å². The third kappa shape index (κ3) is 5.84. The molecule has 5 nitrogen and oxygen atoms in total. The van der Waals surface area contributed by atoms with Crippen molar-refractivity contribution in [2.45, 2.75) is 26.3 Å². The number of anilines is 1. The number of methoxy groups -OCH3 is 1. The number of carbonyl (C=O) groups excluding carboxylic acids is 1. The van der Waals surface area contributed by atoms with Crippen molar-refractivity contribution in [2.24, 2.45) is 0 Å². The van der Waals surface area contributed by atoms with E-state index in [4.69, 9.17) is 33.3 Å². The minimum atomic E-state index is -0.444. The Labute approximate surface area is 170 Å². The zero-order valence-corrected chi connectivity index (χ0v) is 17.1. The lowest BCUT2D eigenvalue weighted by molar-refractivity contribution is 0.0526. The molecule has 0 aromatic heterocycles. The number of esters is 1. The number of benzene rings is 2. The molecule has 144 valence electrons. The summed E-state index contributed by atoms with van der Waals surface area (Å²) in [6.07, 6.45) is 0.858. The molecule has 0 amide bonds. The topological polar surface area (TPSA) is 59.6 Å². The van der Waals surface area contributed by atoms with E-state index in [0.717, 1.165) is 17.7 Å². The van der Waals surface area contributed by atoms with Gasteiger partial charge < -0.3 is 20.1 Å². The number of hydrogen-bond donors (Lipinski definition) is 2. The van der Waals surface area contributed by atoms with Gasteiger partial charge in [-0.05, 0) is 61.5 Å². The van der Waals surface area contributed by atoms with Crippen molar-refractivity contribution in [3.05, 3.63) is 58.6 Å². The number of hydrogen-bond acceptors (Lipinski definition) is 4. The standard InChI is InChI=1S/C20H23ClN2O3S/c1-4-18(13-6-9-15(25-3)10-7-13)23-20(27)22-14-8-11-16(17(21)12-14)19(24)26-5-2/h6-12,18H,4-5H2,1-3H3,(H2,22,23,27)/t18-/m0/s1. The van der Waals surface area contributed by atoms with Crippen LogP contribution in [0.4, 0.5) is 5.69 Å². The fourth-order valence-electron chi connectivity index (χ4n) is 2.55. The Balaban J connectivity index is 2.03. The Morgan fingerprint density at radius 3 is 2.44 bits per heavy atom. The Morgan fingerprint density at radius 1 is 1.19 bits per heavy atom. The summed E-state index contributed by atoms with van der Waals surface area (Å²) in [5, 5.41) is 7.17. The van der Waals surface area contributed by atoms with Crippen LogP contribution in [-0.4, -0.2) is 24.8 Å². The summed E-state index contributed by atoms with van der Waals surface area (Å²) < 4.78 is 10.2. The largest absolute Gasteiger partial charge is 0.497 e. The highest BCUT2D eigenvalue weighted by Gasteiger charge is 2.14. The highest BCUT2D eigenvalue weighted by atomic mass is 35.5. The zero-order chi connectivity index (χ0) is 19.8. The maximum absolute atomic E-state index is 11.8. The van der Waals surface area contributed by atoms with Gasteiger partial charge in [0.15, 0.2) is 5.11 Å². The van der Waals surface area contributed by atoms with Crippen LogP contribution in [0.5, 0.6) is 5.75 Å². The lowest BCUT2D eigenvalue weighted by atomic mass is 10.0. The van der Waals surface area contributed by atoms with Gasteiger partial charge in [-0.1, -0.05) is 30.7 Å². The number of rotatable bonds is 7. The molecule has 0 aliphatic rings. The van der Waals surface area contributed by atoms with E-state index in [1.54, 1.807) is 32.2 Å². The van der Waals surface area contributed by atoms with Gasteiger partial charge in [0.25, 0.3) is 0 Å². The summed E-state index contributed by atoms with van der Waals surface area (Å²) in [4.78, 5) is 11.8. The molecule has 2 aromatic carbocycles. The number of halogens is 1. The lowest BCUT2D eigenvalue weighted by Gasteiger charge is -2.20. The summed E-state index contributed by atoms with van der Waals surface area (Å²) in [5.74, 6) is 0.367. The molecular weight excluding hydrogens is 384 g/mol. The third-order valence-electron chi connectivity index (χ3n) is 3.95. The molecule has 0 radical (unpaired) electrons. The number of ether oxygens (including phenoxy) is 2. The van der Waals surface area contributed by atoms with Crippen LogP contribution in [-0.2, 0) is 4.74 Å². The summed E-state index contributed by atoms with van der Waals surface area (Å²) in [6, 6.07) is 12.9. The molecule has 0 saturated heterocycles. The van der Waals surface area contributed by atoms with Crippen molar-refractivity contribution < 1.29 is 14.3 Å². The Kier molecular flexibility index (Phi) is 7.88. The predicted molar refractivity (Wildman–Crippen MR) is 113 cm³/mol. The molecule has 2 aromatic rings. The Bertz CT molecular complexity index is 796. The highest BCUT2D eigenvalue weighted by Crippen LogP contribution is 2.23. The first-order chi connectivity index (χ1) is 13.0. The maximum atomic E-state index is 11.8. The van der Waals surface area contributed by atoms with Crippen molar-refractivity contribution in [2.75, 3.05) is 19.0 Å². The third-order valence-corrected chi connectivity index (χ3v) is 4.49. The van der Waals surface area contributed by atoms with E-state index in [0.29, 0.717) is 28.0 Å². The quantitative estimate of drug-likeness (QED) is 0.500. The van der Waals surface area contributed by atoms with Gasteiger partial charge in [-0.2, -0.15) is 0 Å². The predicted octanol–water partition coefficient (Wildman–Crippen LogP) is 4.96. The fraction of sp³-hybridized carbons (Fsp3) is 0.300. The normalized spacial score (nSPS) is 11.4. The summed E-state index contributed by atoms with van der Waals surface area (Å²) in [6.45, 7) is 4.13. The van der Waals surface area contributed by atoms with Crippen LogP contribution in [0.15, 0.2) is 42.5 Å². The van der Waals surface area contributed by atoms with Crippen molar-refractivity contribution in [1.29, 1.82) is 0 Å². The van der Waals surface area contributed by atoms with E-state index in [1.807, 2.05) is 24.3 Å². The van der Waals surface area contributed by atoms with Crippen LogP contribution in [0, 0.1) is 0 Å². The van der Waals surface area contributed by atoms with Gasteiger partial charge in [-0.15, -0.1) is 0 Å². The number of thiocarbonyl (C=S) groups is 1. The molecule has 0 bridgehead atoms. The molecule has 0 spiro atoms. The molecule has 0 aliphatic heterocycles. The lowest BCUT2D eigenvalue weighted by Crippen LogP contribution is -2.32. The van der Waals surface area contributed by atoms with Gasteiger partial charge in [-0.25, -0.2) is 4.79 Å². The van der Waals surface area contributed by atoms with E-state index >= 15 is 0 Å². The van der Waals surface area contributed by atoms with Gasteiger partial charge in [0.05, 0.1) is 30.3 Å². The molecule has 0 heterocycles. The van der Waals surface area contributed by atoms with E-state index in [2.05, 4.69) is 17.6 Å².